The van der Waals surface area contributed by atoms with Crippen LogP contribution in [-0.4, -0.2) is 21.9 Å². The van der Waals surface area contributed by atoms with E-state index < -0.39 is 11.9 Å². The Hall–Kier alpha value is -1.36. The lowest BCUT2D eigenvalue weighted by molar-refractivity contribution is -0.118. The minimum absolute atomic E-state index is 0.377. The average Bonchev–Trinajstić information content (AvgIpc) is 2.13. The van der Waals surface area contributed by atoms with Crippen LogP contribution in [0, 0.1) is 13.8 Å². The molecule has 0 aromatic carbocycles. The van der Waals surface area contributed by atoms with E-state index in [0.717, 1.165) is 0 Å². The first kappa shape index (κ1) is 11.7. The molecule has 1 amide bonds. The first-order chi connectivity index (χ1) is 6.91. The number of nitrogens with one attached hydrogen (secondary N) is 1. The number of carbonyl (C=O) groups is 1. The third kappa shape index (κ3) is 2.79. The number of aryl methyl sites for hydroxylation is 1. The van der Waals surface area contributed by atoms with E-state index in [1.807, 2.05) is 0 Å². The van der Waals surface area contributed by atoms with E-state index in [-0.39, 0.29) is 0 Å². The molecule has 15 heavy (non-hydrogen) atoms. The summed E-state index contributed by atoms with van der Waals surface area (Å²) < 4.78 is 0. The average molecular weight is 229 g/mol. The van der Waals surface area contributed by atoms with Crippen molar-refractivity contribution < 1.29 is 4.79 Å². The van der Waals surface area contributed by atoms with Gasteiger partial charge in [-0.05, 0) is 20.8 Å². The Morgan fingerprint density at radius 3 is 2.60 bits per heavy atom. The molecule has 82 valence electrons. The molecule has 0 saturated carbocycles. The van der Waals surface area contributed by atoms with Crippen LogP contribution in [0.5, 0.6) is 0 Å². The number of hydrogen-bond acceptors (Lipinski definition) is 4. The highest BCUT2D eigenvalue weighted by Crippen LogP contribution is 2.19. The van der Waals surface area contributed by atoms with Gasteiger partial charge in [-0.25, -0.2) is 9.97 Å². The van der Waals surface area contributed by atoms with E-state index >= 15 is 0 Å². The van der Waals surface area contributed by atoms with Crippen LogP contribution in [0.3, 0.4) is 0 Å². The van der Waals surface area contributed by atoms with Gasteiger partial charge in [-0.2, -0.15) is 0 Å². The molecule has 0 aliphatic heterocycles. The van der Waals surface area contributed by atoms with Gasteiger partial charge in [-0.1, -0.05) is 11.6 Å². The second-order valence-electron chi connectivity index (χ2n) is 3.30. The van der Waals surface area contributed by atoms with Crippen LogP contribution in [0.15, 0.2) is 0 Å². The van der Waals surface area contributed by atoms with Gasteiger partial charge in [0.25, 0.3) is 0 Å². The molecule has 0 aliphatic rings. The summed E-state index contributed by atoms with van der Waals surface area (Å²) in [5.74, 6) is 0.644. The molecule has 0 fully saturated rings. The van der Waals surface area contributed by atoms with Crippen LogP contribution >= 0.6 is 11.6 Å². The molecule has 1 aromatic rings. The summed E-state index contributed by atoms with van der Waals surface area (Å²) in [5, 5.41) is 3.26. The third-order valence-electron chi connectivity index (χ3n) is 1.98. The van der Waals surface area contributed by atoms with E-state index in [0.29, 0.717) is 22.4 Å². The van der Waals surface area contributed by atoms with Crippen molar-refractivity contribution in [3.63, 3.8) is 0 Å². The number of aromatic nitrogens is 2. The number of nitrogens with two attached hydrogens (primary N) is 1. The third-order valence-corrected chi connectivity index (χ3v) is 2.35. The fraction of sp³-hybridized carbons (Fsp3) is 0.444. The fourth-order valence-electron chi connectivity index (χ4n) is 1.01. The molecule has 1 rings (SSSR count). The van der Waals surface area contributed by atoms with Crippen molar-refractivity contribution >= 4 is 23.3 Å². The van der Waals surface area contributed by atoms with Crippen molar-refractivity contribution in [3.8, 4) is 0 Å². The number of primary amides is 1. The number of hydrogen-bond donors (Lipinski definition) is 2. The SMILES string of the molecule is Cc1nc(Cl)c(C)c(NC(C)C(N)=O)n1. The van der Waals surface area contributed by atoms with Crippen molar-refractivity contribution in [1.82, 2.24) is 9.97 Å². The maximum Gasteiger partial charge on any atom is 0.239 e. The highest BCUT2D eigenvalue weighted by molar-refractivity contribution is 6.30. The van der Waals surface area contributed by atoms with E-state index in [1.165, 1.54) is 0 Å². The fourth-order valence-corrected chi connectivity index (χ4v) is 1.22. The van der Waals surface area contributed by atoms with Crippen molar-refractivity contribution in [2.24, 2.45) is 5.73 Å². The van der Waals surface area contributed by atoms with Crippen molar-refractivity contribution in [2.75, 3.05) is 5.32 Å². The Morgan fingerprint density at radius 2 is 2.07 bits per heavy atom. The van der Waals surface area contributed by atoms with E-state index in [4.69, 9.17) is 17.3 Å². The number of amides is 1. The minimum atomic E-state index is -0.492. The van der Waals surface area contributed by atoms with Crippen molar-refractivity contribution in [1.29, 1.82) is 0 Å². The summed E-state index contributed by atoms with van der Waals surface area (Å²) in [5.41, 5.74) is 5.84. The van der Waals surface area contributed by atoms with Crippen LogP contribution < -0.4 is 11.1 Å². The summed E-state index contributed by atoms with van der Waals surface area (Å²) in [7, 11) is 0. The number of anilines is 1. The maximum atomic E-state index is 10.9. The number of nitrogens with zero attached hydrogens (tertiary/aromatic N) is 2. The Kier molecular flexibility index (Phi) is 3.47. The van der Waals surface area contributed by atoms with Crippen LogP contribution in [0.2, 0.25) is 5.15 Å². The molecule has 0 spiro atoms. The molecule has 1 aromatic heterocycles. The lowest BCUT2D eigenvalue weighted by Crippen LogP contribution is -2.33. The molecule has 5 nitrogen and oxygen atoms in total. The molecule has 0 radical (unpaired) electrons. The van der Waals surface area contributed by atoms with Gasteiger partial charge in [0, 0.05) is 5.56 Å². The molecular formula is C9H13ClN4O. The zero-order valence-corrected chi connectivity index (χ0v) is 9.59. The quantitative estimate of drug-likeness (QED) is 0.758. The normalized spacial score (nSPS) is 12.3. The second-order valence-corrected chi connectivity index (χ2v) is 3.66. The standard InChI is InChI=1S/C9H13ClN4O/c1-4-7(10)13-6(3)14-9(4)12-5(2)8(11)15/h5H,1-3H3,(H2,11,15)(H,12,13,14). The van der Waals surface area contributed by atoms with Gasteiger partial charge in [0.15, 0.2) is 0 Å². The van der Waals surface area contributed by atoms with Gasteiger partial charge in [0.05, 0.1) is 0 Å². The van der Waals surface area contributed by atoms with Gasteiger partial charge in [-0.3, -0.25) is 4.79 Å². The summed E-state index contributed by atoms with van der Waals surface area (Å²) in [6, 6.07) is -0.492. The van der Waals surface area contributed by atoms with Crippen LogP contribution in [0.25, 0.3) is 0 Å². The lowest BCUT2D eigenvalue weighted by atomic mass is 10.3. The summed E-state index contributed by atoms with van der Waals surface area (Å²) in [4.78, 5) is 19.0. The Labute approximate surface area is 93.0 Å². The molecule has 6 heteroatoms. The first-order valence-corrected chi connectivity index (χ1v) is 4.86. The molecule has 1 unspecified atom stereocenters. The number of halogens is 1. The van der Waals surface area contributed by atoms with E-state index in [9.17, 15) is 4.79 Å². The topological polar surface area (TPSA) is 80.9 Å². The maximum absolute atomic E-state index is 10.9. The van der Waals surface area contributed by atoms with Crippen LogP contribution in [0.1, 0.15) is 18.3 Å². The predicted molar refractivity (Wildman–Crippen MR) is 58.8 cm³/mol. The van der Waals surface area contributed by atoms with E-state index in [2.05, 4.69) is 15.3 Å². The van der Waals surface area contributed by atoms with Crippen molar-refractivity contribution in [2.45, 2.75) is 26.8 Å². The van der Waals surface area contributed by atoms with Gasteiger partial charge in [0.2, 0.25) is 5.91 Å². The predicted octanol–water partition coefficient (Wildman–Crippen LogP) is 1.03. The highest BCUT2D eigenvalue weighted by Gasteiger charge is 2.13. The zero-order valence-electron chi connectivity index (χ0n) is 8.84. The molecule has 0 saturated heterocycles. The monoisotopic (exact) mass is 228 g/mol. The molecule has 0 aliphatic carbocycles. The molecule has 3 N–H and O–H groups in total. The Morgan fingerprint density at radius 1 is 1.47 bits per heavy atom. The summed E-state index contributed by atoms with van der Waals surface area (Å²) in [6.45, 7) is 5.16. The Balaban J connectivity index is 2.99. The second kappa shape index (κ2) is 4.44. The molecule has 0 bridgehead atoms. The minimum Gasteiger partial charge on any atom is -0.368 e. The number of rotatable bonds is 3. The summed E-state index contributed by atoms with van der Waals surface area (Å²) >= 11 is 5.87. The molecule has 1 atom stereocenters. The smallest absolute Gasteiger partial charge is 0.239 e. The molecular weight excluding hydrogens is 216 g/mol. The van der Waals surface area contributed by atoms with E-state index in [1.54, 1.807) is 20.8 Å². The Bertz CT molecular complexity index is 394. The van der Waals surface area contributed by atoms with Gasteiger partial charge >= 0.3 is 0 Å². The van der Waals surface area contributed by atoms with Crippen LogP contribution in [0.4, 0.5) is 5.82 Å². The zero-order chi connectivity index (χ0) is 11.6. The van der Waals surface area contributed by atoms with Gasteiger partial charge < -0.3 is 11.1 Å². The lowest BCUT2D eigenvalue weighted by Gasteiger charge is -2.13. The van der Waals surface area contributed by atoms with Gasteiger partial charge in [0.1, 0.15) is 22.8 Å². The molecule has 1 heterocycles. The summed E-state index contributed by atoms with van der Waals surface area (Å²) in [6.07, 6.45) is 0. The first-order valence-electron chi connectivity index (χ1n) is 4.48. The largest absolute Gasteiger partial charge is 0.368 e. The van der Waals surface area contributed by atoms with Gasteiger partial charge in [-0.15, -0.1) is 0 Å². The van der Waals surface area contributed by atoms with Crippen molar-refractivity contribution in [3.05, 3.63) is 16.5 Å². The number of carbonyl (C=O) groups excluding carboxylic acids is 1. The highest BCUT2D eigenvalue weighted by atomic mass is 35.5. The van der Waals surface area contributed by atoms with Crippen LogP contribution in [-0.2, 0) is 4.79 Å².